The van der Waals surface area contributed by atoms with Crippen molar-refractivity contribution in [2.75, 3.05) is 0 Å². The molecule has 0 bridgehead atoms. The van der Waals surface area contributed by atoms with E-state index in [1.54, 1.807) is 24.8 Å². The Morgan fingerprint density at radius 2 is 1.14 bits per heavy atom. The third-order valence-electron chi connectivity index (χ3n) is 5.74. The summed E-state index contributed by atoms with van der Waals surface area (Å²) in [6.07, 6.45) is 23.9. The van der Waals surface area contributed by atoms with Gasteiger partial charge in [-0.15, -0.1) is 0 Å². The van der Waals surface area contributed by atoms with Gasteiger partial charge in [-0.1, -0.05) is 84.0 Å². The van der Waals surface area contributed by atoms with Crippen molar-refractivity contribution in [2.45, 2.75) is 96.3 Å². The van der Waals surface area contributed by atoms with Crippen molar-refractivity contribution >= 4 is 5.78 Å². The predicted octanol–water partition coefficient (Wildman–Crippen LogP) is 7.53. The molecule has 0 N–H and O–H groups in total. The van der Waals surface area contributed by atoms with Crippen LogP contribution in [0.15, 0.2) is 49.1 Å². The highest BCUT2D eigenvalue weighted by molar-refractivity contribution is 6.00. The second kappa shape index (κ2) is 14.9. The molecule has 0 saturated heterocycles. The normalized spacial score (nSPS) is 12.0. The van der Waals surface area contributed by atoms with Crippen LogP contribution in [-0.4, -0.2) is 15.8 Å². The fourth-order valence-electron chi connectivity index (χ4n) is 3.95. The molecule has 3 nitrogen and oxygen atoms in total. The molecule has 0 saturated carbocycles. The quantitative estimate of drug-likeness (QED) is 0.218. The topological polar surface area (TPSA) is 42.9 Å². The largest absolute Gasteiger partial charge is 0.293 e. The zero-order valence-electron chi connectivity index (χ0n) is 18.2. The van der Waals surface area contributed by atoms with Gasteiger partial charge in [0.25, 0.3) is 0 Å². The van der Waals surface area contributed by atoms with Crippen molar-refractivity contribution < 1.29 is 4.79 Å². The number of carbonyl (C=O) groups excluding carboxylic acids is 1. The van der Waals surface area contributed by atoms with Crippen LogP contribution in [0.5, 0.6) is 0 Å². The van der Waals surface area contributed by atoms with E-state index in [0.717, 1.165) is 24.0 Å². The van der Waals surface area contributed by atoms with E-state index in [1.165, 1.54) is 70.6 Å². The van der Waals surface area contributed by atoms with Gasteiger partial charge in [0.2, 0.25) is 0 Å². The van der Waals surface area contributed by atoms with E-state index < -0.39 is 0 Å². The number of unbranched alkanes of at least 4 members (excludes halogenated alkanes) is 11. The van der Waals surface area contributed by atoms with E-state index in [9.17, 15) is 4.79 Å². The average Bonchev–Trinajstić information content (AvgIpc) is 2.78. The fourth-order valence-corrected chi connectivity index (χ4v) is 3.95. The number of rotatable bonds is 16. The molecule has 2 rings (SSSR count). The number of ketones is 1. The van der Waals surface area contributed by atoms with Crippen molar-refractivity contribution in [3.8, 4) is 0 Å². The molecule has 158 valence electrons. The second-order valence-corrected chi connectivity index (χ2v) is 8.11. The highest BCUT2D eigenvalue weighted by Gasteiger charge is 2.21. The highest BCUT2D eigenvalue weighted by atomic mass is 16.1. The Bertz CT molecular complexity index is 657. The maximum absolute atomic E-state index is 13.0. The summed E-state index contributed by atoms with van der Waals surface area (Å²) >= 11 is 0. The summed E-state index contributed by atoms with van der Waals surface area (Å²) < 4.78 is 0. The van der Waals surface area contributed by atoms with Crippen molar-refractivity contribution in [3.05, 3.63) is 60.2 Å². The van der Waals surface area contributed by atoms with Gasteiger partial charge >= 0.3 is 0 Å². The molecule has 0 spiro atoms. The molecule has 1 unspecified atom stereocenters. The zero-order valence-corrected chi connectivity index (χ0v) is 18.2. The van der Waals surface area contributed by atoms with Crippen LogP contribution in [-0.2, 0) is 0 Å². The number of aromatic nitrogens is 2. The van der Waals surface area contributed by atoms with Crippen LogP contribution in [0.4, 0.5) is 0 Å². The van der Waals surface area contributed by atoms with Crippen molar-refractivity contribution in [1.29, 1.82) is 0 Å². The lowest BCUT2D eigenvalue weighted by Crippen LogP contribution is -2.13. The van der Waals surface area contributed by atoms with Crippen LogP contribution in [0.3, 0.4) is 0 Å². The van der Waals surface area contributed by atoms with Gasteiger partial charge in [-0.2, -0.15) is 0 Å². The van der Waals surface area contributed by atoms with Crippen molar-refractivity contribution in [3.63, 3.8) is 0 Å². The molecular weight excluding hydrogens is 356 g/mol. The lowest BCUT2D eigenvalue weighted by atomic mass is 9.87. The molecule has 0 fully saturated rings. The Balaban J connectivity index is 1.67. The first-order chi connectivity index (χ1) is 14.3. The first-order valence-electron chi connectivity index (χ1n) is 11.7. The molecule has 29 heavy (non-hydrogen) atoms. The summed E-state index contributed by atoms with van der Waals surface area (Å²) in [6, 6.07) is 7.59. The van der Waals surface area contributed by atoms with Crippen LogP contribution in [0.25, 0.3) is 0 Å². The Hall–Kier alpha value is -2.03. The van der Waals surface area contributed by atoms with Crippen LogP contribution >= 0.6 is 0 Å². The average molecular weight is 395 g/mol. The number of hydrogen-bond acceptors (Lipinski definition) is 3. The molecule has 0 aliphatic carbocycles. The molecule has 1 atom stereocenters. The Kier molecular flexibility index (Phi) is 11.9. The summed E-state index contributed by atoms with van der Waals surface area (Å²) in [5.41, 5.74) is 1.82. The van der Waals surface area contributed by atoms with E-state index in [4.69, 9.17) is 0 Å². The lowest BCUT2D eigenvalue weighted by molar-refractivity contribution is 0.0953. The van der Waals surface area contributed by atoms with Crippen LogP contribution < -0.4 is 0 Å². The Morgan fingerprint density at radius 1 is 0.690 bits per heavy atom. The standard InChI is InChI=1S/C26H38N2O/c1-2-3-4-5-6-7-8-9-10-11-12-13-14-25(23-15-19-27-20-16-23)26(29)24-17-21-28-22-18-24/h15-22,25H,2-14H2,1H3. The summed E-state index contributed by atoms with van der Waals surface area (Å²) in [6.45, 7) is 2.27. The third-order valence-corrected chi connectivity index (χ3v) is 5.74. The molecule has 0 amide bonds. The molecule has 2 aromatic rings. The smallest absolute Gasteiger partial charge is 0.170 e. The molecule has 0 aromatic carbocycles. The molecule has 0 aliphatic heterocycles. The van der Waals surface area contributed by atoms with Gasteiger partial charge in [0, 0.05) is 36.3 Å². The lowest BCUT2D eigenvalue weighted by Gasteiger charge is -2.16. The van der Waals surface area contributed by atoms with Gasteiger partial charge in [-0.25, -0.2) is 0 Å². The third kappa shape index (κ3) is 9.34. The summed E-state index contributed by atoms with van der Waals surface area (Å²) in [7, 11) is 0. The number of nitrogens with zero attached hydrogens (tertiary/aromatic N) is 2. The SMILES string of the molecule is CCCCCCCCCCCCCCC(C(=O)c1ccncc1)c1ccncc1. The molecule has 0 aliphatic rings. The number of Topliss-reactive ketones (excluding diaryl/α,β-unsaturated/α-hetero) is 1. The molecule has 0 radical (unpaired) electrons. The van der Waals surface area contributed by atoms with Gasteiger partial charge in [0.05, 0.1) is 0 Å². The monoisotopic (exact) mass is 394 g/mol. The maximum atomic E-state index is 13.0. The van der Waals surface area contributed by atoms with Gasteiger partial charge in [0.15, 0.2) is 5.78 Å². The van der Waals surface area contributed by atoms with Crippen LogP contribution in [0.1, 0.15) is 112 Å². The van der Waals surface area contributed by atoms with E-state index in [2.05, 4.69) is 16.9 Å². The minimum Gasteiger partial charge on any atom is -0.293 e. The van der Waals surface area contributed by atoms with Gasteiger partial charge < -0.3 is 0 Å². The fraction of sp³-hybridized carbons (Fsp3) is 0.577. The minimum absolute atomic E-state index is 0.0801. The van der Waals surface area contributed by atoms with Crippen LogP contribution in [0.2, 0.25) is 0 Å². The molecule has 3 heteroatoms. The van der Waals surface area contributed by atoms with E-state index >= 15 is 0 Å². The highest BCUT2D eigenvalue weighted by Crippen LogP contribution is 2.26. The number of carbonyl (C=O) groups is 1. The number of pyridine rings is 2. The van der Waals surface area contributed by atoms with Gasteiger partial charge in [0.1, 0.15) is 0 Å². The molecular formula is C26H38N2O. The molecule has 2 aromatic heterocycles. The summed E-state index contributed by atoms with van der Waals surface area (Å²) in [5.74, 6) is 0.116. The van der Waals surface area contributed by atoms with Gasteiger partial charge in [-0.05, 0) is 36.2 Å². The first kappa shape index (κ1) is 23.3. The van der Waals surface area contributed by atoms with Crippen molar-refractivity contribution in [1.82, 2.24) is 9.97 Å². The minimum atomic E-state index is -0.0801. The number of hydrogen-bond donors (Lipinski definition) is 0. The Labute approximate surface area is 177 Å². The summed E-state index contributed by atoms with van der Waals surface area (Å²) in [5, 5.41) is 0. The van der Waals surface area contributed by atoms with E-state index in [1.807, 2.05) is 24.3 Å². The Morgan fingerprint density at radius 3 is 1.66 bits per heavy atom. The van der Waals surface area contributed by atoms with E-state index in [0.29, 0.717) is 0 Å². The first-order valence-corrected chi connectivity index (χ1v) is 11.7. The van der Waals surface area contributed by atoms with Crippen molar-refractivity contribution in [2.24, 2.45) is 0 Å². The maximum Gasteiger partial charge on any atom is 0.170 e. The zero-order chi connectivity index (χ0) is 20.6. The van der Waals surface area contributed by atoms with E-state index in [-0.39, 0.29) is 11.7 Å². The predicted molar refractivity (Wildman–Crippen MR) is 121 cm³/mol. The second-order valence-electron chi connectivity index (χ2n) is 8.11. The van der Waals surface area contributed by atoms with Gasteiger partial charge in [-0.3, -0.25) is 14.8 Å². The van der Waals surface area contributed by atoms with Crippen LogP contribution in [0, 0.1) is 0 Å². The molecule has 2 heterocycles. The summed E-state index contributed by atoms with van der Waals surface area (Å²) in [4.78, 5) is 21.2.